The molecular weight excluding hydrogens is 388 g/mol. The summed E-state index contributed by atoms with van der Waals surface area (Å²) in [5, 5.41) is 3.46. The monoisotopic (exact) mass is 416 g/mol. The topological polar surface area (TPSA) is 80.5 Å². The van der Waals surface area contributed by atoms with Gasteiger partial charge in [-0.15, -0.1) is 0 Å². The van der Waals surface area contributed by atoms with Crippen LogP contribution >= 0.6 is 0 Å². The molecule has 0 bridgehead atoms. The van der Waals surface area contributed by atoms with Gasteiger partial charge in [-0.2, -0.15) is 0 Å². The fourth-order valence-corrected chi connectivity index (χ4v) is 5.51. The van der Waals surface area contributed by atoms with Crippen LogP contribution < -0.4 is 10.9 Å². The van der Waals surface area contributed by atoms with Crippen LogP contribution in [0.25, 0.3) is 33.2 Å². The van der Waals surface area contributed by atoms with E-state index in [1.807, 2.05) is 6.33 Å². The minimum atomic E-state index is -0.0792. The maximum absolute atomic E-state index is 12.7. The molecule has 1 saturated heterocycles. The molecule has 4 heterocycles. The molecule has 2 fully saturated rings. The summed E-state index contributed by atoms with van der Waals surface area (Å²) in [5.74, 6) is 0. The molecule has 160 valence electrons. The molecule has 1 aliphatic heterocycles. The first-order chi connectivity index (χ1) is 15.3. The summed E-state index contributed by atoms with van der Waals surface area (Å²) >= 11 is 0. The highest BCUT2D eigenvalue weighted by molar-refractivity contribution is 5.95. The van der Waals surface area contributed by atoms with E-state index in [-0.39, 0.29) is 11.6 Å². The Hall–Kier alpha value is -2.93. The number of aromatic nitrogens is 5. The molecule has 0 amide bonds. The molecule has 31 heavy (non-hydrogen) atoms. The maximum atomic E-state index is 12.7. The zero-order chi connectivity index (χ0) is 20.8. The standard InChI is InChI=1S/C24H28N6O/c31-24-23-22(26-14-27-24)19(13-29(23)18-7-4-10-25-12-18)16-8-9-21-20(11-16)28-15-30(21)17-5-2-1-3-6-17/h8-9,11,13-15,17-18,25H,1-7,10,12H2,(H,26,27,31)/t18-/m1/s1. The van der Waals surface area contributed by atoms with Crippen LogP contribution in [0, 0.1) is 0 Å². The van der Waals surface area contributed by atoms with Gasteiger partial charge < -0.3 is 19.4 Å². The van der Waals surface area contributed by atoms with Crippen LogP contribution in [0.1, 0.15) is 57.0 Å². The van der Waals surface area contributed by atoms with Gasteiger partial charge in [-0.05, 0) is 49.9 Å². The zero-order valence-corrected chi connectivity index (χ0v) is 17.7. The van der Waals surface area contributed by atoms with Crippen molar-refractivity contribution < 1.29 is 0 Å². The third kappa shape index (κ3) is 3.19. The van der Waals surface area contributed by atoms with Gasteiger partial charge in [0, 0.05) is 30.4 Å². The van der Waals surface area contributed by atoms with Crippen LogP contribution in [-0.2, 0) is 0 Å². The second-order valence-electron chi connectivity index (χ2n) is 9.03. The number of nitrogens with zero attached hydrogens (tertiary/aromatic N) is 4. The molecule has 1 atom stereocenters. The maximum Gasteiger partial charge on any atom is 0.275 e. The minimum Gasteiger partial charge on any atom is -0.337 e. The Morgan fingerprint density at radius 1 is 0.968 bits per heavy atom. The van der Waals surface area contributed by atoms with Gasteiger partial charge in [-0.1, -0.05) is 25.3 Å². The molecule has 1 saturated carbocycles. The lowest BCUT2D eigenvalue weighted by molar-refractivity contribution is 0.359. The lowest BCUT2D eigenvalue weighted by Crippen LogP contribution is -2.32. The summed E-state index contributed by atoms with van der Waals surface area (Å²) in [6.07, 6.45) is 14.2. The number of nitrogens with one attached hydrogen (secondary N) is 2. The number of hydrogen-bond donors (Lipinski definition) is 2. The van der Waals surface area contributed by atoms with Gasteiger partial charge in [-0.25, -0.2) is 9.97 Å². The van der Waals surface area contributed by atoms with Crippen molar-refractivity contribution in [1.29, 1.82) is 0 Å². The number of rotatable bonds is 3. The van der Waals surface area contributed by atoms with E-state index in [9.17, 15) is 4.79 Å². The first-order valence-corrected chi connectivity index (χ1v) is 11.6. The Bertz CT molecular complexity index is 1290. The highest BCUT2D eigenvalue weighted by Gasteiger charge is 2.23. The lowest BCUT2D eigenvalue weighted by atomic mass is 9.95. The predicted octanol–water partition coefficient (Wildman–Crippen LogP) is 4.17. The van der Waals surface area contributed by atoms with Gasteiger partial charge in [0.05, 0.1) is 23.7 Å². The smallest absolute Gasteiger partial charge is 0.275 e. The molecule has 2 N–H and O–H groups in total. The van der Waals surface area contributed by atoms with Gasteiger partial charge in [0.2, 0.25) is 0 Å². The van der Waals surface area contributed by atoms with Crippen molar-refractivity contribution in [3.05, 3.63) is 47.4 Å². The molecule has 2 aliphatic rings. The van der Waals surface area contributed by atoms with Gasteiger partial charge in [0.25, 0.3) is 5.56 Å². The summed E-state index contributed by atoms with van der Waals surface area (Å²) in [4.78, 5) is 24.8. The highest BCUT2D eigenvalue weighted by Crippen LogP contribution is 2.35. The van der Waals surface area contributed by atoms with E-state index in [0.717, 1.165) is 48.1 Å². The number of imidazole rings is 1. The van der Waals surface area contributed by atoms with Crippen molar-refractivity contribution in [3.63, 3.8) is 0 Å². The molecule has 6 rings (SSSR count). The molecule has 3 aromatic heterocycles. The van der Waals surface area contributed by atoms with Gasteiger partial charge >= 0.3 is 0 Å². The van der Waals surface area contributed by atoms with Crippen LogP contribution in [0.3, 0.4) is 0 Å². The Morgan fingerprint density at radius 3 is 2.68 bits per heavy atom. The SMILES string of the molecule is O=c1[nH]cnc2c(-c3ccc4c(c3)ncn4C3CCCCC3)cn([C@@H]3CCCNC3)c12. The number of benzene rings is 1. The van der Waals surface area contributed by atoms with Gasteiger partial charge in [-0.3, -0.25) is 4.79 Å². The summed E-state index contributed by atoms with van der Waals surface area (Å²) in [5.41, 5.74) is 5.62. The van der Waals surface area contributed by atoms with Crippen LogP contribution in [0.2, 0.25) is 0 Å². The van der Waals surface area contributed by atoms with Gasteiger partial charge in [0.1, 0.15) is 11.0 Å². The Kier molecular flexibility index (Phi) is 4.64. The van der Waals surface area contributed by atoms with E-state index in [0.29, 0.717) is 11.6 Å². The first-order valence-electron chi connectivity index (χ1n) is 11.6. The highest BCUT2D eigenvalue weighted by atomic mass is 16.1. The van der Waals surface area contributed by atoms with Crippen molar-refractivity contribution in [2.75, 3.05) is 13.1 Å². The van der Waals surface area contributed by atoms with E-state index in [1.54, 1.807) is 0 Å². The average Bonchev–Trinajstić information content (AvgIpc) is 3.42. The second kappa shape index (κ2) is 7.64. The van der Waals surface area contributed by atoms with Crippen molar-refractivity contribution in [3.8, 4) is 11.1 Å². The third-order valence-electron chi connectivity index (χ3n) is 7.13. The van der Waals surface area contributed by atoms with E-state index >= 15 is 0 Å². The first kappa shape index (κ1) is 18.8. The summed E-state index contributed by atoms with van der Waals surface area (Å²) in [6.45, 7) is 1.92. The molecule has 4 aromatic rings. The van der Waals surface area contributed by atoms with Crippen LogP contribution in [0.4, 0.5) is 0 Å². The van der Waals surface area contributed by atoms with Crippen LogP contribution in [0.15, 0.2) is 41.8 Å². The van der Waals surface area contributed by atoms with Crippen molar-refractivity contribution in [2.45, 2.75) is 57.0 Å². The minimum absolute atomic E-state index is 0.0792. The molecular formula is C24H28N6O. The molecule has 0 unspecified atom stereocenters. The molecule has 1 aliphatic carbocycles. The predicted molar refractivity (Wildman–Crippen MR) is 122 cm³/mol. The van der Waals surface area contributed by atoms with Crippen molar-refractivity contribution in [2.24, 2.45) is 0 Å². The summed E-state index contributed by atoms with van der Waals surface area (Å²) in [6, 6.07) is 7.32. The fraction of sp³-hybridized carbons (Fsp3) is 0.458. The molecule has 0 radical (unpaired) electrons. The van der Waals surface area contributed by atoms with E-state index in [4.69, 9.17) is 4.98 Å². The number of H-pyrrole nitrogens is 1. The fourth-order valence-electron chi connectivity index (χ4n) is 5.51. The van der Waals surface area contributed by atoms with Crippen molar-refractivity contribution in [1.82, 2.24) is 29.4 Å². The largest absolute Gasteiger partial charge is 0.337 e. The van der Waals surface area contributed by atoms with Crippen LogP contribution in [0.5, 0.6) is 0 Å². The number of piperidine rings is 1. The third-order valence-corrected chi connectivity index (χ3v) is 7.13. The molecule has 7 nitrogen and oxygen atoms in total. The Morgan fingerprint density at radius 2 is 1.84 bits per heavy atom. The van der Waals surface area contributed by atoms with E-state index < -0.39 is 0 Å². The summed E-state index contributed by atoms with van der Waals surface area (Å²) in [7, 11) is 0. The van der Waals surface area contributed by atoms with Gasteiger partial charge in [0.15, 0.2) is 0 Å². The van der Waals surface area contributed by atoms with Crippen molar-refractivity contribution >= 4 is 22.1 Å². The Balaban J connectivity index is 1.46. The second-order valence-corrected chi connectivity index (χ2v) is 9.03. The van der Waals surface area contributed by atoms with Crippen LogP contribution in [-0.4, -0.2) is 37.2 Å². The number of aromatic amines is 1. The quantitative estimate of drug-likeness (QED) is 0.525. The normalized spacial score (nSPS) is 20.6. The van der Waals surface area contributed by atoms with E-state index in [2.05, 4.69) is 48.8 Å². The zero-order valence-electron chi connectivity index (χ0n) is 17.7. The summed E-state index contributed by atoms with van der Waals surface area (Å²) < 4.78 is 4.49. The Labute approximate surface area is 180 Å². The van der Waals surface area contributed by atoms with E-state index in [1.165, 1.54) is 43.9 Å². The number of hydrogen-bond acceptors (Lipinski definition) is 4. The lowest BCUT2D eigenvalue weighted by Gasteiger charge is -2.24. The molecule has 1 aromatic carbocycles. The average molecular weight is 417 g/mol. The molecule has 7 heteroatoms. The number of fused-ring (bicyclic) bond motifs is 2. The molecule has 0 spiro atoms.